The van der Waals surface area contributed by atoms with E-state index < -0.39 is 0 Å². The second-order valence-electron chi connectivity index (χ2n) is 5.89. The minimum Gasteiger partial charge on any atom is -0.363 e. The highest BCUT2D eigenvalue weighted by Crippen LogP contribution is 2.28. The lowest BCUT2D eigenvalue weighted by Gasteiger charge is -2.13. The average molecular weight is 282 g/mol. The van der Waals surface area contributed by atoms with Gasteiger partial charge in [0.05, 0.1) is 0 Å². The third-order valence-corrected chi connectivity index (χ3v) is 4.07. The van der Waals surface area contributed by atoms with E-state index in [0.717, 1.165) is 30.6 Å². The molecule has 21 heavy (non-hydrogen) atoms. The molecule has 2 aromatic rings. The van der Waals surface area contributed by atoms with Crippen molar-refractivity contribution in [2.24, 2.45) is 5.92 Å². The van der Waals surface area contributed by atoms with Gasteiger partial charge in [0.15, 0.2) is 0 Å². The van der Waals surface area contributed by atoms with Crippen LogP contribution in [-0.2, 0) is 12.8 Å². The smallest absolute Gasteiger partial charge is 0.224 e. The Balaban J connectivity index is 1.50. The maximum Gasteiger partial charge on any atom is 0.224 e. The zero-order valence-electron chi connectivity index (χ0n) is 12.7. The highest BCUT2D eigenvalue weighted by atomic mass is 15.2. The molecule has 4 nitrogen and oxygen atoms in total. The van der Waals surface area contributed by atoms with Gasteiger partial charge in [-0.2, -0.15) is 4.98 Å². The molecular formula is C17H22N4. The number of hydrogen-bond donors (Lipinski definition) is 1. The molecular weight excluding hydrogens is 260 g/mol. The van der Waals surface area contributed by atoms with Gasteiger partial charge < -0.3 is 10.2 Å². The second kappa shape index (κ2) is 6.12. The van der Waals surface area contributed by atoms with E-state index in [1.165, 1.54) is 24.0 Å². The van der Waals surface area contributed by atoms with Crippen molar-refractivity contribution in [2.75, 3.05) is 30.9 Å². The Labute approximate surface area is 126 Å². The molecule has 3 rings (SSSR count). The summed E-state index contributed by atoms with van der Waals surface area (Å²) in [5.74, 6) is 2.39. The summed E-state index contributed by atoms with van der Waals surface area (Å²) in [7, 11) is 3.98. The molecule has 0 amide bonds. The van der Waals surface area contributed by atoms with Crippen molar-refractivity contribution in [1.29, 1.82) is 0 Å². The minimum absolute atomic E-state index is 0.719. The van der Waals surface area contributed by atoms with Crippen molar-refractivity contribution in [3.8, 4) is 0 Å². The number of hydrogen-bond acceptors (Lipinski definition) is 4. The molecule has 1 heterocycles. The SMILES string of the molecule is CN(C)c1ccnc(NCCC2Cc3ccccc3C2)n1. The fraction of sp³-hybridized carbons (Fsp3) is 0.412. The lowest BCUT2D eigenvalue weighted by molar-refractivity contribution is 0.529. The number of benzene rings is 1. The minimum atomic E-state index is 0.719. The van der Waals surface area contributed by atoms with Gasteiger partial charge in [0, 0.05) is 26.8 Å². The highest BCUT2D eigenvalue weighted by molar-refractivity contribution is 5.40. The number of nitrogens with one attached hydrogen (secondary N) is 1. The summed E-state index contributed by atoms with van der Waals surface area (Å²) < 4.78 is 0. The molecule has 0 bridgehead atoms. The molecule has 0 unspecified atom stereocenters. The summed E-state index contributed by atoms with van der Waals surface area (Å²) >= 11 is 0. The van der Waals surface area contributed by atoms with E-state index in [4.69, 9.17) is 0 Å². The normalized spacial score (nSPS) is 14.0. The average Bonchev–Trinajstić information content (AvgIpc) is 2.90. The third-order valence-electron chi connectivity index (χ3n) is 4.07. The molecule has 0 radical (unpaired) electrons. The Bertz CT molecular complexity index is 584. The van der Waals surface area contributed by atoms with Gasteiger partial charge in [0.25, 0.3) is 0 Å². The van der Waals surface area contributed by atoms with Crippen LogP contribution in [0.25, 0.3) is 0 Å². The largest absolute Gasteiger partial charge is 0.363 e. The first-order valence-electron chi connectivity index (χ1n) is 7.53. The van der Waals surface area contributed by atoms with Gasteiger partial charge in [-0.25, -0.2) is 4.98 Å². The van der Waals surface area contributed by atoms with Crippen molar-refractivity contribution < 1.29 is 0 Å². The Hall–Kier alpha value is -2.10. The van der Waals surface area contributed by atoms with E-state index in [2.05, 4.69) is 39.6 Å². The van der Waals surface area contributed by atoms with E-state index >= 15 is 0 Å². The van der Waals surface area contributed by atoms with E-state index in [-0.39, 0.29) is 0 Å². The van der Waals surface area contributed by atoms with Crippen LogP contribution in [0.3, 0.4) is 0 Å². The van der Waals surface area contributed by atoms with Crippen LogP contribution in [0.2, 0.25) is 0 Å². The fourth-order valence-electron chi connectivity index (χ4n) is 2.93. The van der Waals surface area contributed by atoms with E-state index in [0.29, 0.717) is 0 Å². The standard InChI is InChI=1S/C17H22N4/c1-21(2)16-8-10-19-17(20-16)18-9-7-13-11-14-5-3-4-6-15(14)12-13/h3-6,8,10,13H,7,9,11-12H2,1-2H3,(H,18,19,20). The molecule has 1 aromatic carbocycles. The number of aromatic nitrogens is 2. The van der Waals surface area contributed by atoms with Crippen LogP contribution >= 0.6 is 0 Å². The first-order chi connectivity index (χ1) is 10.2. The molecule has 1 aliphatic carbocycles. The Morgan fingerprint density at radius 2 is 1.86 bits per heavy atom. The third kappa shape index (κ3) is 3.32. The van der Waals surface area contributed by atoms with Gasteiger partial charge in [-0.15, -0.1) is 0 Å². The molecule has 0 saturated carbocycles. The van der Waals surface area contributed by atoms with Gasteiger partial charge in [-0.1, -0.05) is 24.3 Å². The Morgan fingerprint density at radius 1 is 1.14 bits per heavy atom. The predicted octanol–water partition coefficient (Wildman–Crippen LogP) is 2.76. The summed E-state index contributed by atoms with van der Waals surface area (Å²) in [5, 5.41) is 3.34. The maximum absolute atomic E-state index is 4.48. The molecule has 0 fully saturated rings. The highest BCUT2D eigenvalue weighted by Gasteiger charge is 2.20. The summed E-state index contributed by atoms with van der Waals surface area (Å²) in [6, 6.07) is 10.7. The van der Waals surface area contributed by atoms with E-state index in [1.807, 2.05) is 25.1 Å². The van der Waals surface area contributed by atoms with Crippen LogP contribution in [0.5, 0.6) is 0 Å². The second-order valence-corrected chi connectivity index (χ2v) is 5.89. The molecule has 0 aliphatic heterocycles. The van der Waals surface area contributed by atoms with Gasteiger partial charge in [0.2, 0.25) is 5.95 Å². The number of rotatable bonds is 5. The predicted molar refractivity (Wildman–Crippen MR) is 86.8 cm³/mol. The van der Waals surface area contributed by atoms with Crippen molar-refractivity contribution in [3.63, 3.8) is 0 Å². The van der Waals surface area contributed by atoms with Gasteiger partial charge in [-0.3, -0.25) is 0 Å². The van der Waals surface area contributed by atoms with Crippen molar-refractivity contribution >= 4 is 11.8 Å². The quantitative estimate of drug-likeness (QED) is 0.915. The molecule has 1 N–H and O–H groups in total. The first-order valence-corrected chi connectivity index (χ1v) is 7.53. The molecule has 0 spiro atoms. The lowest BCUT2D eigenvalue weighted by atomic mass is 10.0. The van der Waals surface area contributed by atoms with Crippen LogP contribution in [0.1, 0.15) is 17.5 Å². The molecule has 1 aromatic heterocycles. The van der Waals surface area contributed by atoms with E-state index in [9.17, 15) is 0 Å². The first kappa shape index (κ1) is 13.9. The van der Waals surface area contributed by atoms with Crippen molar-refractivity contribution in [2.45, 2.75) is 19.3 Å². The van der Waals surface area contributed by atoms with Gasteiger partial charge in [-0.05, 0) is 42.4 Å². The molecule has 0 saturated heterocycles. The number of anilines is 2. The van der Waals surface area contributed by atoms with Crippen LogP contribution in [0.15, 0.2) is 36.5 Å². The van der Waals surface area contributed by atoms with Gasteiger partial charge in [0.1, 0.15) is 5.82 Å². The van der Waals surface area contributed by atoms with Crippen LogP contribution in [0, 0.1) is 5.92 Å². The van der Waals surface area contributed by atoms with Crippen LogP contribution in [-0.4, -0.2) is 30.6 Å². The maximum atomic E-state index is 4.48. The number of fused-ring (bicyclic) bond motifs is 1. The van der Waals surface area contributed by atoms with Gasteiger partial charge >= 0.3 is 0 Å². The zero-order chi connectivity index (χ0) is 14.7. The topological polar surface area (TPSA) is 41.1 Å². The molecule has 110 valence electrons. The van der Waals surface area contributed by atoms with Crippen molar-refractivity contribution in [1.82, 2.24) is 9.97 Å². The summed E-state index contributed by atoms with van der Waals surface area (Å²) in [4.78, 5) is 10.7. The molecule has 4 heteroatoms. The molecule has 0 atom stereocenters. The monoisotopic (exact) mass is 282 g/mol. The Kier molecular flexibility index (Phi) is 4.04. The number of nitrogens with zero attached hydrogens (tertiary/aromatic N) is 3. The molecule has 1 aliphatic rings. The fourth-order valence-corrected chi connectivity index (χ4v) is 2.93. The summed E-state index contributed by atoms with van der Waals surface area (Å²) in [6.45, 7) is 0.926. The van der Waals surface area contributed by atoms with E-state index in [1.54, 1.807) is 6.20 Å². The zero-order valence-corrected chi connectivity index (χ0v) is 12.7. The lowest BCUT2D eigenvalue weighted by Crippen LogP contribution is -2.14. The van der Waals surface area contributed by atoms with Crippen molar-refractivity contribution in [3.05, 3.63) is 47.7 Å². The summed E-state index contributed by atoms with van der Waals surface area (Å²) in [6.07, 6.45) is 5.37. The van der Waals surface area contributed by atoms with Crippen LogP contribution < -0.4 is 10.2 Å². The van der Waals surface area contributed by atoms with Crippen LogP contribution in [0.4, 0.5) is 11.8 Å². The summed E-state index contributed by atoms with van der Waals surface area (Å²) in [5.41, 5.74) is 3.04. The Morgan fingerprint density at radius 3 is 2.52 bits per heavy atom.